The number of nitrogens with zero attached hydrogens (tertiary/aromatic N) is 4. The van der Waals surface area contributed by atoms with Gasteiger partial charge < -0.3 is 20.1 Å². The van der Waals surface area contributed by atoms with Gasteiger partial charge in [-0.15, -0.1) is 5.10 Å². The smallest absolute Gasteiger partial charge is 0.248 e. The van der Waals surface area contributed by atoms with E-state index in [4.69, 9.17) is 4.74 Å². The molecular formula is C18H27N5O4. The summed E-state index contributed by atoms with van der Waals surface area (Å²) in [5.74, 6) is 0.113. The molecule has 1 aromatic rings. The highest BCUT2D eigenvalue weighted by Gasteiger charge is 2.44. The normalized spacial score (nSPS) is 27.6. The van der Waals surface area contributed by atoms with Crippen LogP contribution in [0.1, 0.15) is 49.8 Å². The summed E-state index contributed by atoms with van der Waals surface area (Å²) >= 11 is 0. The molecule has 3 heterocycles. The van der Waals surface area contributed by atoms with E-state index < -0.39 is 18.2 Å². The molecular weight excluding hydrogens is 350 g/mol. The van der Waals surface area contributed by atoms with E-state index in [1.54, 1.807) is 11.7 Å². The molecule has 4 rings (SSSR count). The largest absolute Gasteiger partial charge is 0.391 e. The number of rotatable bonds is 5. The van der Waals surface area contributed by atoms with Gasteiger partial charge in [0.25, 0.3) is 0 Å². The topological polar surface area (TPSA) is 110 Å². The predicted molar refractivity (Wildman–Crippen MR) is 94.8 cm³/mol. The van der Waals surface area contributed by atoms with Gasteiger partial charge in [0.2, 0.25) is 11.8 Å². The van der Waals surface area contributed by atoms with Gasteiger partial charge in [-0.05, 0) is 31.6 Å². The molecule has 3 fully saturated rings. The number of likely N-dealkylation sites (N-methyl/N-ethyl adjacent to an activating group) is 1. The lowest BCUT2D eigenvalue weighted by atomic mass is 9.90. The molecule has 0 radical (unpaired) electrons. The van der Waals surface area contributed by atoms with Crippen LogP contribution < -0.4 is 5.32 Å². The van der Waals surface area contributed by atoms with Gasteiger partial charge in [-0.25, -0.2) is 4.68 Å². The van der Waals surface area contributed by atoms with Gasteiger partial charge in [0.15, 0.2) is 0 Å². The molecule has 2 aliphatic heterocycles. The van der Waals surface area contributed by atoms with Crippen molar-refractivity contribution in [1.29, 1.82) is 0 Å². The molecule has 27 heavy (non-hydrogen) atoms. The number of ether oxygens (including phenoxy) is 1. The summed E-state index contributed by atoms with van der Waals surface area (Å²) < 4.78 is 7.14. The van der Waals surface area contributed by atoms with Crippen LogP contribution in [0.3, 0.4) is 0 Å². The zero-order valence-electron chi connectivity index (χ0n) is 15.6. The highest BCUT2D eigenvalue weighted by atomic mass is 16.5. The Morgan fingerprint density at radius 3 is 2.70 bits per heavy atom. The first-order chi connectivity index (χ1) is 13.1. The lowest BCUT2D eigenvalue weighted by Gasteiger charge is -2.33. The highest BCUT2D eigenvalue weighted by Crippen LogP contribution is 2.39. The van der Waals surface area contributed by atoms with Crippen molar-refractivity contribution in [3.8, 4) is 0 Å². The van der Waals surface area contributed by atoms with Gasteiger partial charge in [0, 0.05) is 45.3 Å². The molecule has 0 bridgehead atoms. The van der Waals surface area contributed by atoms with Gasteiger partial charge >= 0.3 is 0 Å². The molecule has 9 heteroatoms. The first-order valence-corrected chi connectivity index (χ1v) is 9.78. The molecule has 1 saturated carbocycles. The maximum Gasteiger partial charge on any atom is 0.248 e. The second-order valence-corrected chi connectivity index (χ2v) is 7.80. The van der Waals surface area contributed by atoms with E-state index in [0.29, 0.717) is 19.1 Å². The van der Waals surface area contributed by atoms with Crippen LogP contribution in [0.5, 0.6) is 0 Å². The average molecular weight is 377 g/mol. The summed E-state index contributed by atoms with van der Waals surface area (Å²) in [5, 5.41) is 21.2. The number of carbonyl (C=O) groups excluding carboxylic acids is 2. The van der Waals surface area contributed by atoms with Gasteiger partial charge in [0.1, 0.15) is 12.1 Å². The minimum absolute atomic E-state index is 0.0723. The van der Waals surface area contributed by atoms with Crippen LogP contribution in [0.2, 0.25) is 0 Å². The fourth-order valence-electron chi connectivity index (χ4n) is 4.20. The van der Waals surface area contributed by atoms with Crippen molar-refractivity contribution in [2.24, 2.45) is 5.92 Å². The zero-order chi connectivity index (χ0) is 19.0. The van der Waals surface area contributed by atoms with Crippen LogP contribution in [-0.2, 0) is 14.3 Å². The van der Waals surface area contributed by atoms with Crippen LogP contribution in [0, 0.1) is 5.92 Å². The molecule has 1 aliphatic carbocycles. The van der Waals surface area contributed by atoms with E-state index >= 15 is 0 Å². The zero-order valence-corrected chi connectivity index (χ0v) is 15.6. The third-order valence-corrected chi connectivity index (χ3v) is 5.89. The van der Waals surface area contributed by atoms with Crippen molar-refractivity contribution in [1.82, 2.24) is 25.2 Å². The number of likely N-dealkylation sites (tertiary alicyclic amines) is 1. The number of aliphatic hydroxyl groups is 1. The standard InChI is InChI=1S/C18H27N5O4/c1-19-17(25)15-8-13(24)9-22(15)18(26)16(12-4-6-27-7-5-12)23-10-14(20-21-23)11-2-3-11/h10-13,15-16,24H,2-9H2,1H3,(H,19,25). The van der Waals surface area contributed by atoms with E-state index in [1.165, 1.54) is 4.90 Å². The molecule has 2 saturated heterocycles. The van der Waals surface area contributed by atoms with Gasteiger partial charge in [-0.1, -0.05) is 5.21 Å². The summed E-state index contributed by atoms with van der Waals surface area (Å²) in [6.45, 7) is 1.39. The predicted octanol–water partition coefficient (Wildman–Crippen LogP) is -0.169. The van der Waals surface area contributed by atoms with E-state index in [0.717, 1.165) is 31.4 Å². The summed E-state index contributed by atoms with van der Waals surface area (Å²) in [5.41, 5.74) is 0.934. The Kier molecular flexibility index (Phi) is 5.14. The molecule has 0 aromatic carbocycles. The molecule has 3 aliphatic rings. The lowest BCUT2D eigenvalue weighted by Crippen LogP contribution is -2.49. The molecule has 0 spiro atoms. The Bertz CT molecular complexity index is 698. The SMILES string of the molecule is CNC(=O)C1CC(O)CN1C(=O)C(C1CCOCC1)n1cc(C2CC2)nn1. The number of β-amino-alcohol motifs (C(OH)–C–C–N with tert-alkyl or cyclic N) is 1. The average Bonchev–Trinajstić information content (AvgIpc) is 3.30. The van der Waals surface area contributed by atoms with E-state index in [1.807, 2.05) is 6.20 Å². The Balaban J connectivity index is 1.62. The van der Waals surface area contributed by atoms with Gasteiger partial charge in [0.05, 0.1) is 11.8 Å². The third kappa shape index (κ3) is 3.70. The minimum Gasteiger partial charge on any atom is -0.391 e. The second-order valence-electron chi connectivity index (χ2n) is 7.80. The van der Waals surface area contributed by atoms with Crippen molar-refractivity contribution >= 4 is 11.8 Å². The number of aliphatic hydroxyl groups excluding tert-OH is 1. The summed E-state index contributed by atoms with van der Waals surface area (Å²) in [6.07, 6.45) is 5.21. The third-order valence-electron chi connectivity index (χ3n) is 5.89. The maximum atomic E-state index is 13.5. The Morgan fingerprint density at radius 1 is 1.30 bits per heavy atom. The van der Waals surface area contributed by atoms with Crippen molar-refractivity contribution in [3.05, 3.63) is 11.9 Å². The van der Waals surface area contributed by atoms with Crippen molar-refractivity contribution in [2.75, 3.05) is 26.8 Å². The van der Waals surface area contributed by atoms with Gasteiger partial charge in [-0.3, -0.25) is 9.59 Å². The molecule has 2 amide bonds. The summed E-state index contributed by atoms with van der Waals surface area (Å²) in [4.78, 5) is 27.3. The molecule has 9 nitrogen and oxygen atoms in total. The van der Waals surface area contributed by atoms with Crippen molar-refractivity contribution < 1.29 is 19.4 Å². The van der Waals surface area contributed by atoms with Crippen LogP contribution in [-0.4, -0.2) is 75.8 Å². The second kappa shape index (κ2) is 7.55. The lowest BCUT2D eigenvalue weighted by molar-refractivity contribution is -0.143. The fraction of sp³-hybridized carbons (Fsp3) is 0.778. The Hall–Kier alpha value is -2.00. The van der Waals surface area contributed by atoms with Crippen LogP contribution in [0.15, 0.2) is 6.20 Å². The van der Waals surface area contributed by atoms with Crippen molar-refractivity contribution in [3.63, 3.8) is 0 Å². The van der Waals surface area contributed by atoms with E-state index in [2.05, 4.69) is 15.6 Å². The first kappa shape index (κ1) is 18.4. The Morgan fingerprint density at radius 2 is 2.04 bits per heavy atom. The van der Waals surface area contributed by atoms with E-state index in [9.17, 15) is 14.7 Å². The molecule has 3 unspecified atom stereocenters. The van der Waals surface area contributed by atoms with Gasteiger partial charge in [-0.2, -0.15) is 0 Å². The minimum atomic E-state index is -0.690. The number of amides is 2. The highest BCUT2D eigenvalue weighted by molar-refractivity contribution is 5.90. The number of nitrogens with one attached hydrogen (secondary N) is 1. The molecule has 2 N–H and O–H groups in total. The first-order valence-electron chi connectivity index (χ1n) is 9.78. The number of hydrogen-bond acceptors (Lipinski definition) is 6. The van der Waals surface area contributed by atoms with Crippen LogP contribution in [0.25, 0.3) is 0 Å². The fourth-order valence-corrected chi connectivity index (χ4v) is 4.20. The monoisotopic (exact) mass is 377 g/mol. The van der Waals surface area contributed by atoms with Crippen LogP contribution >= 0.6 is 0 Å². The summed E-state index contributed by atoms with van der Waals surface area (Å²) in [7, 11) is 1.55. The Labute approximate surface area is 158 Å². The molecule has 1 aromatic heterocycles. The van der Waals surface area contributed by atoms with Crippen LogP contribution in [0.4, 0.5) is 0 Å². The summed E-state index contributed by atoms with van der Waals surface area (Å²) in [6, 6.07) is -1.17. The quantitative estimate of drug-likeness (QED) is 0.737. The van der Waals surface area contributed by atoms with Crippen molar-refractivity contribution in [2.45, 2.75) is 56.2 Å². The maximum absolute atomic E-state index is 13.5. The number of aromatic nitrogens is 3. The molecule has 148 valence electrons. The molecule has 3 atom stereocenters. The number of carbonyl (C=O) groups is 2. The van der Waals surface area contributed by atoms with E-state index in [-0.39, 0.29) is 30.7 Å². The number of hydrogen-bond donors (Lipinski definition) is 2.